The molecule has 11 nitrogen and oxygen atoms in total. The average Bonchev–Trinajstić information content (AvgIpc) is 3.32. The maximum atomic E-state index is 13.7. The molecular formula is C28H37N3O8. The number of methoxy groups -OCH3 is 1. The number of hydrogen-bond acceptors (Lipinski definition) is 9. The average molecular weight is 544 g/mol. The Morgan fingerprint density at radius 1 is 1.26 bits per heavy atom. The van der Waals surface area contributed by atoms with Gasteiger partial charge in [-0.1, -0.05) is 6.42 Å². The summed E-state index contributed by atoms with van der Waals surface area (Å²) >= 11 is 0. The predicted octanol–water partition coefficient (Wildman–Crippen LogP) is 0.0912. The van der Waals surface area contributed by atoms with Gasteiger partial charge in [0.15, 0.2) is 11.5 Å². The maximum Gasteiger partial charge on any atom is 0.247 e. The number of morpholine rings is 1. The van der Waals surface area contributed by atoms with Crippen LogP contribution in [0.15, 0.2) is 23.8 Å². The fraction of sp³-hybridized carbons (Fsp3) is 0.607. The van der Waals surface area contributed by atoms with Crippen molar-refractivity contribution in [2.24, 2.45) is 5.92 Å². The molecule has 39 heavy (non-hydrogen) atoms. The molecule has 0 spiro atoms. The van der Waals surface area contributed by atoms with Gasteiger partial charge in [0.05, 0.1) is 38.9 Å². The van der Waals surface area contributed by atoms with Gasteiger partial charge in [0.2, 0.25) is 11.8 Å². The van der Waals surface area contributed by atoms with Gasteiger partial charge in [-0.3, -0.25) is 19.3 Å². The van der Waals surface area contributed by atoms with Crippen molar-refractivity contribution >= 4 is 18.1 Å². The van der Waals surface area contributed by atoms with Crippen LogP contribution in [-0.2, 0) is 14.3 Å². The minimum atomic E-state index is -1.13. The fourth-order valence-electron chi connectivity index (χ4n) is 5.93. The monoisotopic (exact) mass is 543 g/mol. The number of fused-ring (bicyclic) bond motifs is 3. The van der Waals surface area contributed by atoms with E-state index in [1.807, 2.05) is 0 Å². The highest BCUT2D eigenvalue weighted by atomic mass is 16.5. The molecule has 2 aliphatic heterocycles. The first-order valence-corrected chi connectivity index (χ1v) is 13.7. The van der Waals surface area contributed by atoms with E-state index in [-0.39, 0.29) is 25.0 Å². The molecule has 2 heterocycles. The summed E-state index contributed by atoms with van der Waals surface area (Å²) < 4.78 is 17.2. The Balaban J connectivity index is 1.52. The number of aliphatic hydroxyl groups excluding tert-OH is 2. The number of benzene rings is 1. The number of aliphatic hydroxyl groups is 2. The summed E-state index contributed by atoms with van der Waals surface area (Å²) in [5, 5.41) is 23.8. The van der Waals surface area contributed by atoms with E-state index in [4.69, 9.17) is 14.2 Å². The van der Waals surface area contributed by atoms with Gasteiger partial charge in [-0.25, -0.2) is 0 Å². The molecule has 1 aromatic rings. The van der Waals surface area contributed by atoms with E-state index in [2.05, 4.69) is 10.2 Å². The lowest BCUT2D eigenvalue weighted by atomic mass is 9.76. The van der Waals surface area contributed by atoms with Gasteiger partial charge in [0.1, 0.15) is 18.5 Å². The number of carbonyl (C=O) groups excluding carboxylic acids is 3. The van der Waals surface area contributed by atoms with Crippen molar-refractivity contribution in [3.05, 3.63) is 34.9 Å². The second kappa shape index (κ2) is 12.0. The Labute approximate surface area is 227 Å². The minimum Gasteiger partial charge on any atom is -0.493 e. The summed E-state index contributed by atoms with van der Waals surface area (Å²) in [4.78, 5) is 42.7. The van der Waals surface area contributed by atoms with Gasteiger partial charge < -0.3 is 34.6 Å². The Kier molecular flexibility index (Phi) is 8.51. The molecule has 1 aromatic carbocycles. The summed E-state index contributed by atoms with van der Waals surface area (Å²) in [5.74, 6) is -0.538. The Hall–Kier alpha value is -2.99. The van der Waals surface area contributed by atoms with Gasteiger partial charge in [-0.05, 0) is 31.1 Å². The Bertz CT molecular complexity index is 1110. The number of hydrogen-bond donors (Lipinski definition) is 3. The predicted molar refractivity (Wildman–Crippen MR) is 140 cm³/mol. The van der Waals surface area contributed by atoms with Crippen LogP contribution in [0, 0.1) is 5.92 Å². The number of amides is 2. The highest BCUT2D eigenvalue weighted by Crippen LogP contribution is 2.51. The minimum absolute atomic E-state index is 0.0280. The van der Waals surface area contributed by atoms with E-state index >= 15 is 0 Å². The molecule has 11 heteroatoms. The lowest BCUT2D eigenvalue weighted by molar-refractivity contribution is -0.144. The molecule has 1 saturated heterocycles. The fourth-order valence-corrected chi connectivity index (χ4v) is 5.93. The molecule has 0 radical (unpaired) electrons. The smallest absolute Gasteiger partial charge is 0.247 e. The maximum absolute atomic E-state index is 13.7. The van der Waals surface area contributed by atoms with Crippen molar-refractivity contribution in [1.82, 2.24) is 15.1 Å². The first-order valence-electron chi connectivity index (χ1n) is 13.7. The summed E-state index contributed by atoms with van der Waals surface area (Å²) in [6, 6.07) is 2.41. The second-order valence-corrected chi connectivity index (χ2v) is 10.5. The standard InChI is InChI=1S/C28H37N3O8/c1-37-22-14-17(16-33)13-19-23-20(27(35)29-5-10-32)15-21(24(34)26(23)39-25(19)22)31(28(36)18-3-2-4-18)7-6-30-8-11-38-12-9-30/h13-16,18,21,23-24,26,32,34H,2-12H2,1H3,(H,29,35). The van der Waals surface area contributed by atoms with Crippen LogP contribution >= 0.6 is 0 Å². The number of rotatable bonds is 10. The number of ether oxygens (including phenoxy) is 3. The quantitative estimate of drug-likeness (QED) is 0.351. The molecule has 4 atom stereocenters. The van der Waals surface area contributed by atoms with Crippen molar-refractivity contribution in [1.29, 1.82) is 0 Å². The first kappa shape index (κ1) is 27.6. The van der Waals surface area contributed by atoms with E-state index in [0.29, 0.717) is 60.8 Å². The zero-order chi connectivity index (χ0) is 27.5. The van der Waals surface area contributed by atoms with Crippen LogP contribution < -0.4 is 14.8 Å². The van der Waals surface area contributed by atoms with E-state index < -0.39 is 30.1 Å². The van der Waals surface area contributed by atoms with E-state index in [0.717, 1.165) is 32.4 Å². The normalized spacial score (nSPS) is 26.4. The highest BCUT2D eigenvalue weighted by molar-refractivity contribution is 5.96. The third-order valence-corrected chi connectivity index (χ3v) is 8.27. The molecule has 2 aliphatic carbocycles. The van der Waals surface area contributed by atoms with Gasteiger partial charge in [-0.15, -0.1) is 0 Å². The summed E-state index contributed by atoms with van der Waals surface area (Å²) in [5.41, 5.74) is 1.24. The van der Waals surface area contributed by atoms with Crippen molar-refractivity contribution in [2.45, 2.75) is 43.4 Å². The van der Waals surface area contributed by atoms with Crippen molar-refractivity contribution in [3.63, 3.8) is 0 Å². The van der Waals surface area contributed by atoms with Gasteiger partial charge in [0.25, 0.3) is 0 Å². The van der Waals surface area contributed by atoms with Crippen LogP contribution in [0.5, 0.6) is 11.5 Å². The molecule has 0 aromatic heterocycles. The summed E-state index contributed by atoms with van der Waals surface area (Å²) in [6.45, 7) is 3.64. The van der Waals surface area contributed by atoms with Crippen LogP contribution in [-0.4, -0.2) is 116 Å². The SMILES string of the molecule is COc1cc(C=O)cc2c1OC1C2C(C(=O)NCCO)=CC(N(CCN2CCOCC2)C(=O)C2CCC2)C1O. The highest BCUT2D eigenvalue weighted by Gasteiger charge is 2.52. The van der Waals surface area contributed by atoms with E-state index in [1.165, 1.54) is 7.11 Å². The molecule has 2 fully saturated rings. The van der Waals surface area contributed by atoms with E-state index in [9.17, 15) is 24.6 Å². The summed E-state index contributed by atoms with van der Waals surface area (Å²) in [7, 11) is 1.46. The molecule has 0 bridgehead atoms. The molecule has 4 unspecified atom stereocenters. The van der Waals surface area contributed by atoms with Crippen LogP contribution in [0.1, 0.15) is 41.1 Å². The van der Waals surface area contributed by atoms with Crippen molar-refractivity contribution in [3.8, 4) is 11.5 Å². The van der Waals surface area contributed by atoms with Gasteiger partial charge in [0, 0.05) is 55.3 Å². The van der Waals surface area contributed by atoms with Crippen molar-refractivity contribution < 1.29 is 38.8 Å². The number of nitrogens with one attached hydrogen (secondary N) is 1. The third-order valence-electron chi connectivity index (χ3n) is 8.27. The Morgan fingerprint density at radius 2 is 2.03 bits per heavy atom. The molecule has 2 amide bonds. The van der Waals surface area contributed by atoms with Crippen molar-refractivity contribution in [2.75, 3.05) is 59.7 Å². The van der Waals surface area contributed by atoms with Crippen LogP contribution in [0.4, 0.5) is 0 Å². The Morgan fingerprint density at radius 3 is 2.67 bits per heavy atom. The number of nitrogens with zero attached hydrogens (tertiary/aromatic N) is 2. The second-order valence-electron chi connectivity index (χ2n) is 10.5. The molecule has 4 aliphatic rings. The lowest BCUT2D eigenvalue weighted by Gasteiger charge is -2.43. The largest absolute Gasteiger partial charge is 0.493 e. The molecule has 3 N–H and O–H groups in total. The van der Waals surface area contributed by atoms with Crippen LogP contribution in [0.3, 0.4) is 0 Å². The summed E-state index contributed by atoms with van der Waals surface area (Å²) in [6.07, 6.45) is 2.97. The molecule has 1 saturated carbocycles. The molecule has 212 valence electrons. The van der Waals surface area contributed by atoms with E-state index in [1.54, 1.807) is 23.1 Å². The zero-order valence-electron chi connectivity index (χ0n) is 22.2. The van der Waals surface area contributed by atoms with Gasteiger partial charge in [-0.2, -0.15) is 0 Å². The van der Waals surface area contributed by atoms with Gasteiger partial charge >= 0.3 is 0 Å². The topological polar surface area (TPSA) is 138 Å². The number of aldehydes is 1. The lowest BCUT2D eigenvalue weighted by Crippen LogP contribution is -2.58. The zero-order valence-corrected chi connectivity index (χ0v) is 22.2. The molecular weight excluding hydrogens is 506 g/mol. The van der Waals surface area contributed by atoms with Crippen LogP contribution in [0.2, 0.25) is 0 Å². The first-order chi connectivity index (χ1) is 19.0. The third kappa shape index (κ3) is 5.41. The number of carbonyl (C=O) groups is 3. The van der Waals surface area contributed by atoms with Crippen LogP contribution in [0.25, 0.3) is 0 Å². The molecule has 5 rings (SSSR count).